The van der Waals surface area contributed by atoms with E-state index in [0.29, 0.717) is 22.8 Å². The van der Waals surface area contributed by atoms with E-state index in [2.05, 4.69) is 42.0 Å². The first-order valence-electron chi connectivity index (χ1n) is 8.43. The van der Waals surface area contributed by atoms with Crippen LogP contribution in [0.15, 0.2) is 51.6 Å². The number of anilines is 1. The molecule has 136 valence electrons. The first-order valence-corrected chi connectivity index (χ1v) is 9.23. The van der Waals surface area contributed by atoms with E-state index in [0.717, 1.165) is 16.8 Å². The lowest BCUT2D eigenvalue weighted by molar-refractivity contribution is 0.0993. The summed E-state index contributed by atoms with van der Waals surface area (Å²) >= 11 is 3.26. The number of amides is 1. The Hall–Kier alpha value is -2.34. The van der Waals surface area contributed by atoms with E-state index < -0.39 is 0 Å². The smallest absolute Gasteiger partial charge is 0.292 e. The first-order chi connectivity index (χ1) is 12.2. The van der Waals surface area contributed by atoms with Gasteiger partial charge in [0.15, 0.2) is 10.4 Å². The summed E-state index contributed by atoms with van der Waals surface area (Å²) < 4.78 is 7.81. The molecule has 0 aliphatic heterocycles. The highest BCUT2D eigenvalue weighted by Gasteiger charge is 2.22. The Kier molecular flexibility index (Phi) is 5.05. The lowest BCUT2D eigenvalue weighted by atomic mass is 9.92. The number of hydrogen-bond donors (Lipinski definition) is 1. The van der Waals surface area contributed by atoms with Crippen LogP contribution in [0.2, 0.25) is 0 Å². The summed E-state index contributed by atoms with van der Waals surface area (Å²) in [6.07, 6.45) is 0. The Labute approximate surface area is 161 Å². The van der Waals surface area contributed by atoms with Crippen LogP contribution in [-0.2, 0) is 12.0 Å². The molecule has 0 spiro atoms. The molecule has 0 bridgehead atoms. The lowest BCUT2D eigenvalue weighted by Gasteiger charge is -2.14. The normalized spacial score (nSPS) is 11.6. The average molecular weight is 416 g/mol. The molecule has 3 aromatic rings. The second-order valence-corrected chi connectivity index (χ2v) is 8.11. The van der Waals surface area contributed by atoms with Gasteiger partial charge in [-0.2, -0.15) is 5.10 Å². The molecule has 0 fully saturated rings. The van der Waals surface area contributed by atoms with E-state index in [-0.39, 0.29) is 11.3 Å². The maximum atomic E-state index is 12.6. The molecule has 0 aliphatic carbocycles. The zero-order valence-corrected chi connectivity index (χ0v) is 16.9. The summed E-state index contributed by atoms with van der Waals surface area (Å²) in [6.45, 7) is 8.71. The molecule has 1 amide bonds. The van der Waals surface area contributed by atoms with Crippen molar-refractivity contribution in [2.45, 2.75) is 39.7 Å². The van der Waals surface area contributed by atoms with Crippen molar-refractivity contribution in [1.82, 2.24) is 9.78 Å². The molecule has 0 unspecified atom stereocenters. The summed E-state index contributed by atoms with van der Waals surface area (Å²) in [5.41, 5.74) is 2.69. The summed E-state index contributed by atoms with van der Waals surface area (Å²) in [6, 6.07) is 13.7. The number of nitrogens with one attached hydrogen (secondary N) is 1. The molecule has 6 heteroatoms. The number of benzene rings is 1. The Morgan fingerprint density at radius 3 is 2.50 bits per heavy atom. The minimum Gasteiger partial charge on any atom is -0.444 e. The largest absolute Gasteiger partial charge is 0.444 e. The van der Waals surface area contributed by atoms with E-state index in [1.165, 1.54) is 0 Å². The molecule has 5 nitrogen and oxygen atoms in total. The zero-order valence-electron chi connectivity index (χ0n) is 15.3. The highest BCUT2D eigenvalue weighted by Crippen LogP contribution is 2.26. The molecule has 26 heavy (non-hydrogen) atoms. The Morgan fingerprint density at radius 2 is 1.92 bits per heavy atom. The van der Waals surface area contributed by atoms with E-state index in [1.807, 2.05) is 48.0 Å². The highest BCUT2D eigenvalue weighted by molar-refractivity contribution is 9.10. The van der Waals surface area contributed by atoms with E-state index in [4.69, 9.17) is 9.52 Å². The zero-order chi connectivity index (χ0) is 18.9. The number of rotatable bonds is 4. The number of carbonyl (C=O) groups is 1. The van der Waals surface area contributed by atoms with Crippen molar-refractivity contribution < 1.29 is 9.21 Å². The van der Waals surface area contributed by atoms with Crippen LogP contribution in [0.25, 0.3) is 0 Å². The van der Waals surface area contributed by atoms with Crippen molar-refractivity contribution in [3.8, 4) is 0 Å². The van der Waals surface area contributed by atoms with Crippen LogP contribution >= 0.6 is 15.9 Å². The second kappa shape index (κ2) is 7.11. The molecule has 1 aromatic carbocycles. The van der Waals surface area contributed by atoms with Gasteiger partial charge in [0.05, 0.1) is 12.2 Å². The molecular formula is C20H22BrN3O2. The van der Waals surface area contributed by atoms with Gasteiger partial charge in [-0.15, -0.1) is 0 Å². The van der Waals surface area contributed by atoms with Crippen LogP contribution in [0.3, 0.4) is 0 Å². The van der Waals surface area contributed by atoms with Crippen molar-refractivity contribution in [1.29, 1.82) is 0 Å². The minimum absolute atomic E-state index is 0.120. The molecule has 3 rings (SSSR count). The van der Waals surface area contributed by atoms with Gasteiger partial charge in [0.2, 0.25) is 0 Å². The van der Waals surface area contributed by atoms with Crippen LogP contribution in [0.1, 0.15) is 48.1 Å². The third-order valence-electron chi connectivity index (χ3n) is 4.06. The maximum absolute atomic E-state index is 12.6. The number of aryl methyl sites for hydroxylation is 1. The van der Waals surface area contributed by atoms with E-state index in [9.17, 15) is 4.79 Å². The van der Waals surface area contributed by atoms with Gasteiger partial charge >= 0.3 is 0 Å². The monoisotopic (exact) mass is 415 g/mol. The second-order valence-electron chi connectivity index (χ2n) is 7.32. The fourth-order valence-corrected chi connectivity index (χ4v) is 3.11. The number of carbonyl (C=O) groups excluding carboxylic acids is 1. The Bertz CT molecular complexity index is 920. The topological polar surface area (TPSA) is 60.1 Å². The van der Waals surface area contributed by atoms with Gasteiger partial charge in [0.1, 0.15) is 5.82 Å². The van der Waals surface area contributed by atoms with Crippen molar-refractivity contribution in [2.24, 2.45) is 0 Å². The molecule has 2 heterocycles. The van der Waals surface area contributed by atoms with Crippen molar-refractivity contribution in [3.05, 3.63) is 69.7 Å². The summed E-state index contributed by atoms with van der Waals surface area (Å²) in [4.78, 5) is 12.6. The van der Waals surface area contributed by atoms with Gasteiger partial charge in [-0.1, -0.05) is 51.1 Å². The predicted octanol–water partition coefficient (Wildman–Crippen LogP) is 5.15. The number of furan rings is 1. The third-order valence-corrected chi connectivity index (χ3v) is 4.45. The minimum atomic E-state index is -0.289. The molecule has 0 saturated carbocycles. The molecule has 0 saturated heterocycles. The Morgan fingerprint density at radius 1 is 1.23 bits per heavy atom. The number of halogens is 1. The van der Waals surface area contributed by atoms with Crippen molar-refractivity contribution >= 4 is 27.7 Å². The fraction of sp³-hybridized carbons (Fsp3) is 0.300. The number of nitrogens with zero attached hydrogens (tertiary/aromatic N) is 2. The van der Waals surface area contributed by atoms with Gasteiger partial charge in [0.25, 0.3) is 5.91 Å². The van der Waals surface area contributed by atoms with Crippen LogP contribution in [0, 0.1) is 6.92 Å². The van der Waals surface area contributed by atoms with Gasteiger partial charge in [-0.05, 0) is 34.5 Å². The van der Waals surface area contributed by atoms with Crippen LogP contribution in [-0.4, -0.2) is 15.7 Å². The van der Waals surface area contributed by atoms with Crippen LogP contribution < -0.4 is 5.32 Å². The summed E-state index contributed by atoms with van der Waals surface area (Å²) in [5, 5.41) is 7.65. The standard InChI is InChI=1S/C20H22BrN3O2/c1-13-10-16(21)26-18(13)19(25)22-17-11-15(20(2,3)4)23-24(17)12-14-8-6-5-7-9-14/h5-11H,12H2,1-4H3,(H,22,25). The number of hydrogen-bond acceptors (Lipinski definition) is 3. The highest BCUT2D eigenvalue weighted by atomic mass is 79.9. The van der Waals surface area contributed by atoms with Gasteiger partial charge < -0.3 is 9.73 Å². The molecule has 1 N–H and O–H groups in total. The van der Waals surface area contributed by atoms with Crippen molar-refractivity contribution in [3.63, 3.8) is 0 Å². The van der Waals surface area contributed by atoms with E-state index in [1.54, 1.807) is 6.07 Å². The SMILES string of the molecule is Cc1cc(Br)oc1C(=O)Nc1cc(C(C)(C)C)nn1Cc1ccccc1. The lowest BCUT2D eigenvalue weighted by Crippen LogP contribution is -2.16. The first kappa shape index (κ1) is 18.5. The molecule has 0 aliphatic rings. The number of aromatic nitrogens is 2. The summed E-state index contributed by atoms with van der Waals surface area (Å²) in [5.74, 6) is 0.653. The van der Waals surface area contributed by atoms with Crippen LogP contribution in [0.5, 0.6) is 0 Å². The summed E-state index contributed by atoms with van der Waals surface area (Å²) in [7, 11) is 0. The van der Waals surface area contributed by atoms with Crippen LogP contribution in [0.4, 0.5) is 5.82 Å². The van der Waals surface area contributed by atoms with E-state index >= 15 is 0 Å². The average Bonchev–Trinajstić information content (AvgIpc) is 3.11. The molecule has 0 radical (unpaired) electrons. The molecular weight excluding hydrogens is 394 g/mol. The van der Waals surface area contributed by atoms with Gasteiger partial charge in [-0.25, -0.2) is 4.68 Å². The quantitative estimate of drug-likeness (QED) is 0.640. The van der Waals surface area contributed by atoms with Gasteiger partial charge in [0, 0.05) is 17.0 Å². The predicted molar refractivity (Wildman–Crippen MR) is 106 cm³/mol. The Balaban J connectivity index is 1.92. The van der Waals surface area contributed by atoms with Crippen molar-refractivity contribution in [2.75, 3.05) is 5.32 Å². The van der Waals surface area contributed by atoms with Gasteiger partial charge in [-0.3, -0.25) is 4.79 Å². The molecule has 2 aromatic heterocycles. The maximum Gasteiger partial charge on any atom is 0.292 e. The molecule has 0 atom stereocenters. The fourth-order valence-electron chi connectivity index (χ4n) is 2.60. The third kappa shape index (κ3) is 4.07.